The van der Waals surface area contributed by atoms with Crippen LogP contribution in [0.2, 0.25) is 0 Å². The maximum absolute atomic E-state index is 14.5. The van der Waals surface area contributed by atoms with E-state index in [0.717, 1.165) is 51.6 Å². The highest BCUT2D eigenvalue weighted by Crippen LogP contribution is 2.51. The van der Waals surface area contributed by atoms with Gasteiger partial charge in [-0.25, -0.2) is 0 Å². The van der Waals surface area contributed by atoms with Gasteiger partial charge < -0.3 is 9.80 Å². The summed E-state index contributed by atoms with van der Waals surface area (Å²) in [4.78, 5) is 4.02. The summed E-state index contributed by atoms with van der Waals surface area (Å²) in [7, 11) is -13.4. The van der Waals surface area contributed by atoms with Crippen LogP contribution in [0.5, 0.6) is 0 Å². The van der Waals surface area contributed by atoms with E-state index in [-0.39, 0.29) is 29.7 Å². The number of sulfonamides is 1. The number of alkyl halides is 3. The molecule has 3 aliphatic rings. The molecule has 0 saturated heterocycles. The maximum atomic E-state index is 14.5. The molecule has 0 spiro atoms. The molecule has 11 nitrogen and oxygen atoms in total. The molecule has 4 aromatic rings. The standard InChI is InChI=1S/C48H52F3N3O8S3/c1-46(2)34(32-53(28-12-14-30-63(55,56)57)42-26-22-33-16-6-7-17-35(33)44(42)46)23-24-38-36-18-8-9-19-37(36)39(45(38)52(5)65(61,62)48(49,50)51)25-27-43-47(3,4)40-20-10-11-21-41(40)54(43)29-13-15-31-64(58,59)60/h6-11,16-27,32H,12-15,28-31H2,1-5H3,(H,55,56,57)(H,58,59,60)/b24-23+,39-25+,43-27+. The molecule has 7 rings (SSSR count). The smallest absolute Gasteiger partial charge is 0.347 e. The molecular weight excluding hydrogens is 900 g/mol. The Morgan fingerprint density at radius 3 is 1.94 bits per heavy atom. The van der Waals surface area contributed by atoms with Gasteiger partial charge in [0.1, 0.15) is 0 Å². The van der Waals surface area contributed by atoms with E-state index in [1.165, 1.54) is 0 Å². The van der Waals surface area contributed by atoms with E-state index in [9.17, 15) is 47.5 Å². The zero-order valence-electron chi connectivity index (χ0n) is 36.7. The third-order valence-corrected chi connectivity index (χ3v) is 15.7. The van der Waals surface area contributed by atoms with E-state index in [1.54, 1.807) is 48.6 Å². The van der Waals surface area contributed by atoms with Crippen molar-refractivity contribution in [2.45, 2.75) is 69.7 Å². The van der Waals surface area contributed by atoms with Gasteiger partial charge in [-0.1, -0.05) is 119 Å². The first-order valence-electron chi connectivity index (χ1n) is 21.1. The van der Waals surface area contributed by atoms with Gasteiger partial charge in [0, 0.05) is 65.4 Å². The zero-order valence-corrected chi connectivity index (χ0v) is 39.1. The van der Waals surface area contributed by atoms with Gasteiger partial charge in [0.25, 0.3) is 20.2 Å². The minimum Gasteiger partial charge on any atom is -0.347 e. The molecule has 65 heavy (non-hydrogen) atoms. The Bertz CT molecular complexity index is 3040. The van der Waals surface area contributed by atoms with E-state index in [2.05, 4.69) is 0 Å². The molecule has 0 amide bonds. The fourth-order valence-corrected chi connectivity index (χ4v) is 11.2. The quantitative estimate of drug-likeness (QED) is 0.0870. The van der Waals surface area contributed by atoms with Gasteiger partial charge in [-0.3, -0.25) is 13.4 Å². The molecule has 4 aromatic carbocycles. The van der Waals surface area contributed by atoms with Crippen molar-refractivity contribution in [1.29, 1.82) is 0 Å². The minimum atomic E-state index is -5.93. The monoisotopic (exact) mass is 951 g/mol. The van der Waals surface area contributed by atoms with E-state index in [4.69, 9.17) is 0 Å². The van der Waals surface area contributed by atoms with E-state index >= 15 is 0 Å². The lowest BCUT2D eigenvalue weighted by Crippen LogP contribution is -2.37. The summed E-state index contributed by atoms with van der Waals surface area (Å²) in [5, 5.41) is 1.96. The highest BCUT2D eigenvalue weighted by Gasteiger charge is 2.51. The normalized spacial score (nSPS) is 18.5. The topological polar surface area (TPSA) is 153 Å². The SMILES string of the molecule is CN(C1=C(/C=C/C2=CN(CCCCS(=O)(=O)O)c3ccc4ccccc4c3C2(C)C)c2ccccc2/C1=C\C=C1\N(CCCCS(=O)(=O)O)c2ccccc2C1(C)C)S(=O)(=O)C(F)(F)F. The van der Waals surface area contributed by atoms with Crippen LogP contribution in [0.25, 0.3) is 21.9 Å². The summed E-state index contributed by atoms with van der Waals surface area (Å²) in [6.07, 6.45) is 9.99. The predicted molar refractivity (Wildman–Crippen MR) is 252 cm³/mol. The molecule has 17 heteroatoms. The molecular formula is C48H52F3N3O8S3. The van der Waals surface area contributed by atoms with Crippen molar-refractivity contribution in [3.8, 4) is 0 Å². The number of hydrogen-bond acceptors (Lipinski definition) is 8. The number of nitrogens with zero attached hydrogens (tertiary/aromatic N) is 3. The Kier molecular flexibility index (Phi) is 12.9. The molecule has 1 aliphatic carbocycles. The van der Waals surface area contributed by atoms with Crippen LogP contribution in [0.3, 0.4) is 0 Å². The summed E-state index contributed by atoms with van der Waals surface area (Å²) < 4.78 is 136. The Hall–Kier alpha value is -5.20. The number of benzene rings is 4. The van der Waals surface area contributed by atoms with Crippen LogP contribution in [0.1, 0.15) is 75.6 Å². The van der Waals surface area contributed by atoms with Crippen LogP contribution in [-0.4, -0.2) is 75.8 Å². The Morgan fingerprint density at radius 1 is 0.677 bits per heavy atom. The molecule has 0 fully saturated rings. The molecule has 0 aromatic heterocycles. The molecule has 2 aliphatic heterocycles. The molecule has 0 saturated carbocycles. The second-order valence-electron chi connectivity index (χ2n) is 17.6. The minimum absolute atomic E-state index is 0.184. The van der Waals surface area contributed by atoms with Crippen molar-refractivity contribution in [3.63, 3.8) is 0 Å². The lowest BCUT2D eigenvalue weighted by Gasteiger charge is -2.40. The molecule has 0 radical (unpaired) electrons. The van der Waals surface area contributed by atoms with Gasteiger partial charge in [0.15, 0.2) is 0 Å². The lowest BCUT2D eigenvalue weighted by atomic mass is 9.72. The summed E-state index contributed by atoms with van der Waals surface area (Å²) >= 11 is 0. The second kappa shape index (κ2) is 17.5. The van der Waals surface area contributed by atoms with Crippen LogP contribution in [0.4, 0.5) is 24.5 Å². The summed E-state index contributed by atoms with van der Waals surface area (Å²) in [6, 6.07) is 26.5. The van der Waals surface area contributed by atoms with Crippen LogP contribution < -0.4 is 9.80 Å². The number of halogens is 3. The third kappa shape index (κ3) is 9.43. The van der Waals surface area contributed by atoms with Gasteiger partial charge in [0.2, 0.25) is 0 Å². The van der Waals surface area contributed by atoms with Crippen molar-refractivity contribution in [3.05, 3.63) is 155 Å². The molecule has 0 atom stereocenters. The van der Waals surface area contributed by atoms with E-state index in [1.807, 2.05) is 104 Å². The molecule has 2 N–H and O–H groups in total. The largest absolute Gasteiger partial charge is 0.516 e. The number of fused-ring (bicyclic) bond motifs is 5. The van der Waals surface area contributed by atoms with Gasteiger partial charge in [-0.15, -0.1) is 0 Å². The molecule has 0 bridgehead atoms. The highest BCUT2D eigenvalue weighted by molar-refractivity contribution is 7.90. The summed E-state index contributed by atoms with van der Waals surface area (Å²) in [5.74, 6) is -0.813. The highest BCUT2D eigenvalue weighted by atomic mass is 32.2. The number of hydrogen-bond donors (Lipinski definition) is 2. The number of anilines is 2. The van der Waals surface area contributed by atoms with Crippen molar-refractivity contribution >= 4 is 63.6 Å². The number of allylic oxidation sites excluding steroid dienone is 8. The van der Waals surface area contributed by atoms with Crippen molar-refractivity contribution in [1.82, 2.24) is 4.31 Å². The summed E-state index contributed by atoms with van der Waals surface area (Å²) in [6.45, 7) is 8.82. The van der Waals surface area contributed by atoms with Gasteiger partial charge in [-0.05, 0) is 82.5 Å². The molecule has 346 valence electrons. The number of likely N-dealkylation sites (N-methyl/N-ethyl adjacent to an activating group) is 1. The first kappa shape index (κ1) is 47.8. The van der Waals surface area contributed by atoms with E-state index in [0.29, 0.717) is 41.4 Å². The van der Waals surface area contributed by atoms with Crippen LogP contribution in [-0.2, 0) is 41.1 Å². The van der Waals surface area contributed by atoms with Crippen LogP contribution in [0, 0.1) is 0 Å². The lowest BCUT2D eigenvalue weighted by molar-refractivity contribution is -0.0473. The molecule has 0 unspecified atom stereocenters. The Balaban J connectivity index is 1.39. The molecule has 2 heterocycles. The Morgan fingerprint density at radius 2 is 1.28 bits per heavy atom. The fraction of sp³-hybridized carbons (Fsp3) is 0.333. The van der Waals surface area contributed by atoms with Crippen molar-refractivity contribution in [2.75, 3.05) is 41.4 Å². The predicted octanol–water partition coefficient (Wildman–Crippen LogP) is 9.98. The van der Waals surface area contributed by atoms with Gasteiger partial charge in [-0.2, -0.15) is 38.4 Å². The van der Waals surface area contributed by atoms with Gasteiger partial charge >= 0.3 is 15.5 Å². The first-order chi connectivity index (χ1) is 30.3. The third-order valence-electron chi connectivity index (χ3n) is 12.6. The zero-order chi connectivity index (χ0) is 47.3. The maximum Gasteiger partial charge on any atom is 0.516 e. The van der Waals surface area contributed by atoms with Crippen LogP contribution >= 0.6 is 0 Å². The fourth-order valence-electron chi connectivity index (χ4n) is 9.28. The first-order valence-corrected chi connectivity index (χ1v) is 25.8. The van der Waals surface area contributed by atoms with Crippen molar-refractivity contribution in [2.24, 2.45) is 0 Å². The average molecular weight is 952 g/mol. The number of unbranched alkanes of at least 4 members (excludes halogenated alkanes) is 2. The second-order valence-corrected chi connectivity index (χ2v) is 22.7. The summed E-state index contributed by atoms with van der Waals surface area (Å²) in [5.41, 5.74) is -0.495. The number of para-hydroxylation sites is 1. The van der Waals surface area contributed by atoms with Crippen molar-refractivity contribution < 1.29 is 47.5 Å². The Labute approximate surface area is 379 Å². The average Bonchev–Trinajstić information content (AvgIpc) is 3.65. The van der Waals surface area contributed by atoms with Crippen LogP contribution in [0.15, 0.2) is 132 Å². The van der Waals surface area contributed by atoms with Gasteiger partial charge in [0.05, 0.1) is 17.2 Å². The van der Waals surface area contributed by atoms with E-state index < -0.39 is 58.1 Å². The number of rotatable bonds is 15.